The van der Waals surface area contributed by atoms with Gasteiger partial charge in [-0.25, -0.2) is 0 Å². The third-order valence-electron chi connectivity index (χ3n) is 2.71. The number of hydrogen-bond acceptors (Lipinski definition) is 1. The average molecular weight is 205 g/mol. The summed E-state index contributed by atoms with van der Waals surface area (Å²) in [5.74, 6) is 2.96. The van der Waals surface area contributed by atoms with Gasteiger partial charge < -0.3 is 4.90 Å². The third-order valence-corrected chi connectivity index (χ3v) is 2.71. The highest BCUT2D eigenvalue weighted by Crippen LogP contribution is 2.20. The summed E-state index contributed by atoms with van der Waals surface area (Å²) in [5, 5.41) is 0. The Morgan fingerprint density at radius 3 is 2.93 bits per heavy atom. The van der Waals surface area contributed by atoms with Gasteiger partial charge in [-0.1, -0.05) is 25.0 Å². The molecule has 0 heterocycles. The van der Waals surface area contributed by atoms with E-state index in [2.05, 4.69) is 25.0 Å². The summed E-state index contributed by atoms with van der Waals surface area (Å²) in [6, 6.07) is 0. The molecule has 0 aliphatic heterocycles. The van der Waals surface area contributed by atoms with Crippen LogP contribution in [0.1, 0.15) is 32.6 Å². The van der Waals surface area contributed by atoms with E-state index in [1.165, 1.54) is 0 Å². The van der Waals surface area contributed by atoms with Crippen LogP contribution in [0.3, 0.4) is 0 Å². The molecule has 1 amide bonds. The van der Waals surface area contributed by atoms with E-state index in [1.807, 2.05) is 4.90 Å². The fraction of sp³-hybridized carbons (Fsp3) is 0.615. The Balaban J connectivity index is 2.54. The molecule has 1 unspecified atom stereocenters. The van der Waals surface area contributed by atoms with Gasteiger partial charge in [0.2, 0.25) is 5.91 Å². The van der Waals surface area contributed by atoms with Crippen LogP contribution in [0.2, 0.25) is 0 Å². The monoisotopic (exact) mass is 205 g/mol. The predicted octanol–water partition coefficient (Wildman–Crippen LogP) is 2.21. The normalized spacial score (nSPS) is 19.6. The number of terminal acetylenes is 1. The zero-order chi connectivity index (χ0) is 11.1. The van der Waals surface area contributed by atoms with Crippen molar-refractivity contribution in [1.29, 1.82) is 0 Å². The average Bonchev–Trinajstić information content (AvgIpc) is 2.29. The number of allylic oxidation sites excluding steroid dienone is 2. The second kappa shape index (κ2) is 6.29. The smallest absolute Gasteiger partial charge is 0.226 e. The first-order valence-corrected chi connectivity index (χ1v) is 5.66. The molecule has 0 fully saturated rings. The molecule has 2 heteroatoms. The number of nitrogens with zero attached hydrogens (tertiary/aromatic N) is 1. The summed E-state index contributed by atoms with van der Waals surface area (Å²) in [6.07, 6.45) is 13.4. The van der Waals surface area contributed by atoms with Crippen molar-refractivity contribution in [2.45, 2.75) is 32.6 Å². The van der Waals surface area contributed by atoms with Gasteiger partial charge in [0.1, 0.15) is 0 Å². The highest BCUT2D eigenvalue weighted by Gasteiger charge is 2.23. The predicted molar refractivity (Wildman–Crippen MR) is 62.2 cm³/mol. The summed E-state index contributed by atoms with van der Waals surface area (Å²) in [4.78, 5) is 13.9. The Kier molecular flexibility index (Phi) is 4.97. The summed E-state index contributed by atoms with van der Waals surface area (Å²) >= 11 is 0. The van der Waals surface area contributed by atoms with Crippen LogP contribution in [0.4, 0.5) is 0 Å². The van der Waals surface area contributed by atoms with Crippen molar-refractivity contribution in [3.63, 3.8) is 0 Å². The van der Waals surface area contributed by atoms with Crippen LogP contribution >= 0.6 is 0 Å². The highest BCUT2D eigenvalue weighted by molar-refractivity contribution is 5.79. The van der Waals surface area contributed by atoms with Crippen molar-refractivity contribution in [2.24, 2.45) is 5.92 Å². The van der Waals surface area contributed by atoms with Crippen molar-refractivity contribution in [3.8, 4) is 12.3 Å². The Bertz CT molecular complexity index is 275. The molecule has 0 aromatic carbocycles. The zero-order valence-corrected chi connectivity index (χ0v) is 9.41. The maximum atomic E-state index is 12.1. The Morgan fingerprint density at radius 1 is 1.60 bits per heavy atom. The molecule has 0 saturated carbocycles. The molecule has 0 radical (unpaired) electrons. The zero-order valence-electron chi connectivity index (χ0n) is 9.41. The van der Waals surface area contributed by atoms with Crippen molar-refractivity contribution in [1.82, 2.24) is 4.90 Å². The van der Waals surface area contributed by atoms with E-state index in [-0.39, 0.29) is 11.8 Å². The van der Waals surface area contributed by atoms with Gasteiger partial charge in [0.05, 0.1) is 6.54 Å². The standard InChI is InChI=1S/C13H19NO/c1-3-10-14(11-4-2)13(15)12-8-6-5-7-9-12/h1,5-6,12H,4,7-11H2,2H3. The second-order valence-electron chi connectivity index (χ2n) is 3.95. The van der Waals surface area contributed by atoms with Gasteiger partial charge in [0, 0.05) is 12.5 Å². The molecule has 15 heavy (non-hydrogen) atoms. The van der Waals surface area contributed by atoms with Gasteiger partial charge in [-0.15, -0.1) is 6.42 Å². The SMILES string of the molecule is C#CCN(CCC)C(=O)C1CC=CCC1. The Hall–Kier alpha value is -1.23. The van der Waals surface area contributed by atoms with E-state index < -0.39 is 0 Å². The number of rotatable bonds is 4. The first-order valence-electron chi connectivity index (χ1n) is 5.66. The molecule has 1 aliphatic rings. The maximum absolute atomic E-state index is 12.1. The fourth-order valence-corrected chi connectivity index (χ4v) is 1.92. The van der Waals surface area contributed by atoms with Gasteiger partial charge in [0.15, 0.2) is 0 Å². The van der Waals surface area contributed by atoms with Crippen LogP contribution in [0.5, 0.6) is 0 Å². The van der Waals surface area contributed by atoms with Crippen molar-refractivity contribution in [3.05, 3.63) is 12.2 Å². The number of amides is 1. The molecule has 0 saturated heterocycles. The quantitative estimate of drug-likeness (QED) is 0.509. The van der Waals surface area contributed by atoms with Gasteiger partial charge in [-0.3, -0.25) is 4.79 Å². The van der Waals surface area contributed by atoms with Crippen LogP contribution in [0, 0.1) is 18.3 Å². The van der Waals surface area contributed by atoms with Gasteiger partial charge >= 0.3 is 0 Å². The van der Waals surface area contributed by atoms with Gasteiger partial charge in [0.25, 0.3) is 0 Å². The lowest BCUT2D eigenvalue weighted by Gasteiger charge is -2.26. The summed E-state index contributed by atoms with van der Waals surface area (Å²) in [5.41, 5.74) is 0. The molecule has 82 valence electrons. The van der Waals surface area contributed by atoms with E-state index in [0.29, 0.717) is 6.54 Å². The van der Waals surface area contributed by atoms with Crippen molar-refractivity contribution >= 4 is 5.91 Å². The van der Waals surface area contributed by atoms with E-state index in [1.54, 1.807) is 0 Å². The number of carbonyl (C=O) groups excluding carboxylic acids is 1. The molecule has 0 spiro atoms. The third kappa shape index (κ3) is 3.43. The molecule has 0 N–H and O–H groups in total. The first-order chi connectivity index (χ1) is 7.29. The molecule has 0 bridgehead atoms. The molecular weight excluding hydrogens is 186 g/mol. The summed E-state index contributed by atoms with van der Waals surface area (Å²) < 4.78 is 0. The molecular formula is C13H19NO. The maximum Gasteiger partial charge on any atom is 0.226 e. The van der Waals surface area contributed by atoms with Crippen LogP contribution in [-0.2, 0) is 4.79 Å². The minimum absolute atomic E-state index is 0.162. The van der Waals surface area contributed by atoms with Crippen LogP contribution in [0.25, 0.3) is 0 Å². The molecule has 0 aromatic rings. The van der Waals surface area contributed by atoms with Crippen molar-refractivity contribution < 1.29 is 4.79 Å². The minimum Gasteiger partial charge on any atom is -0.331 e. The van der Waals surface area contributed by atoms with E-state index >= 15 is 0 Å². The molecule has 1 rings (SSSR count). The Labute approximate surface area is 92.3 Å². The van der Waals surface area contributed by atoms with Gasteiger partial charge in [-0.2, -0.15) is 0 Å². The van der Waals surface area contributed by atoms with E-state index in [0.717, 1.165) is 32.2 Å². The lowest BCUT2D eigenvalue weighted by Crippen LogP contribution is -2.37. The number of carbonyl (C=O) groups is 1. The second-order valence-corrected chi connectivity index (χ2v) is 3.95. The number of hydrogen-bond donors (Lipinski definition) is 0. The summed E-state index contributed by atoms with van der Waals surface area (Å²) in [7, 11) is 0. The lowest BCUT2D eigenvalue weighted by molar-refractivity contribution is -0.135. The highest BCUT2D eigenvalue weighted by atomic mass is 16.2. The van der Waals surface area contributed by atoms with Crippen LogP contribution < -0.4 is 0 Å². The fourth-order valence-electron chi connectivity index (χ4n) is 1.92. The molecule has 2 nitrogen and oxygen atoms in total. The van der Waals surface area contributed by atoms with E-state index in [4.69, 9.17) is 6.42 Å². The first kappa shape index (κ1) is 11.8. The molecule has 1 atom stereocenters. The van der Waals surface area contributed by atoms with Crippen LogP contribution in [0.15, 0.2) is 12.2 Å². The topological polar surface area (TPSA) is 20.3 Å². The Morgan fingerprint density at radius 2 is 2.40 bits per heavy atom. The largest absolute Gasteiger partial charge is 0.331 e. The summed E-state index contributed by atoms with van der Waals surface area (Å²) in [6.45, 7) is 3.30. The molecule has 1 aliphatic carbocycles. The van der Waals surface area contributed by atoms with Crippen molar-refractivity contribution in [2.75, 3.05) is 13.1 Å². The lowest BCUT2D eigenvalue weighted by atomic mass is 9.93. The minimum atomic E-state index is 0.162. The molecule has 0 aromatic heterocycles. The van der Waals surface area contributed by atoms with Gasteiger partial charge in [-0.05, 0) is 25.7 Å². The van der Waals surface area contributed by atoms with E-state index in [9.17, 15) is 4.79 Å². The van der Waals surface area contributed by atoms with Crippen LogP contribution in [-0.4, -0.2) is 23.9 Å².